The molecule has 2 aromatic rings. The summed E-state index contributed by atoms with van der Waals surface area (Å²) in [6.45, 7) is 11.6. The second-order valence-electron chi connectivity index (χ2n) is 5.74. The largest absolute Gasteiger partial charge is 0.460 e. The van der Waals surface area contributed by atoms with Crippen LogP contribution in [0.1, 0.15) is 31.6 Å². The molecule has 1 aromatic heterocycles. The van der Waals surface area contributed by atoms with Crippen molar-refractivity contribution >= 4 is 11.6 Å². The van der Waals surface area contributed by atoms with Crippen LogP contribution in [0.4, 0.5) is 0 Å². The molecular formula is C19H27ClN2O. The van der Waals surface area contributed by atoms with Gasteiger partial charge >= 0.3 is 0 Å². The lowest BCUT2D eigenvalue weighted by Crippen LogP contribution is -2.27. The van der Waals surface area contributed by atoms with Crippen LogP contribution in [0, 0.1) is 6.92 Å². The number of rotatable bonds is 9. The van der Waals surface area contributed by atoms with Gasteiger partial charge in [-0.15, -0.1) is 0 Å². The van der Waals surface area contributed by atoms with Gasteiger partial charge in [0, 0.05) is 10.6 Å². The Kier molecular flexibility index (Phi) is 7.15. The summed E-state index contributed by atoms with van der Waals surface area (Å²) < 4.78 is 5.94. The summed E-state index contributed by atoms with van der Waals surface area (Å²) in [4.78, 5) is 2.44. The zero-order chi connectivity index (χ0) is 16.7. The summed E-state index contributed by atoms with van der Waals surface area (Å²) in [7, 11) is 0. The molecule has 0 amide bonds. The summed E-state index contributed by atoms with van der Waals surface area (Å²) in [5.74, 6) is 1.84. The fourth-order valence-corrected chi connectivity index (χ4v) is 2.85. The van der Waals surface area contributed by atoms with Gasteiger partial charge in [-0.3, -0.25) is 0 Å². The van der Waals surface area contributed by atoms with Crippen molar-refractivity contribution < 1.29 is 4.42 Å². The number of benzene rings is 1. The molecule has 0 saturated carbocycles. The van der Waals surface area contributed by atoms with E-state index in [1.165, 1.54) is 0 Å². The maximum atomic E-state index is 6.18. The monoisotopic (exact) mass is 334 g/mol. The Morgan fingerprint density at radius 3 is 2.65 bits per heavy atom. The Bertz CT molecular complexity index is 605. The van der Waals surface area contributed by atoms with Crippen LogP contribution in [0.15, 0.2) is 34.7 Å². The van der Waals surface area contributed by atoms with E-state index in [-0.39, 0.29) is 0 Å². The molecule has 1 aromatic carbocycles. The molecule has 0 aliphatic rings. The van der Waals surface area contributed by atoms with Crippen molar-refractivity contribution in [1.29, 1.82) is 0 Å². The Morgan fingerprint density at radius 1 is 1.13 bits per heavy atom. The zero-order valence-electron chi connectivity index (χ0n) is 14.4. The molecule has 0 aliphatic heterocycles. The molecule has 2 rings (SSSR count). The highest BCUT2D eigenvalue weighted by Crippen LogP contribution is 2.29. The highest BCUT2D eigenvalue weighted by atomic mass is 35.5. The third-order valence-electron chi connectivity index (χ3n) is 4.22. The minimum atomic E-state index is 0.762. The molecule has 4 heteroatoms. The standard InChI is InChI=1S/C19H27ClN2O/c1-4-22(5-2)13-7-12-21-14-16-10-11-19(23-16)17-8-6-9-18(20)15(17)3/h6,8-11,21H,4-5,7,12-14H2,1-3H3. The van der Waals surface area contributed by atoms with Gasteiger partial charge in [0.2, 0.25) is 0 Å². The van der Waals surface area contributed by atoms with Crippen LogP contribution in [0.25, 0.3) is 11.3 Å². The summed E-state index contributed by atoms with van der Waals surface area (Å²) in [5.41, 5.74) is 2.12. The number of nitrogens with zero attached hydrogens (tertiary/aromatic N) is 1. The van der Waals surface area contributed by atoms with E-state index in [1.54, 1.807) is 0 Å². The van der Waals surface area contributed by atoms with E-state index in [9.17, 15) is 0 Å². The molecule has 23 heavy (non-hydrogen) atoms. The number of hydrogen-bond acceptors (Lipinski definition) is 3. The normalized spacial score (nSPS) is 11.3. The average Bonchev–Trinajstić information content (AvgIpc) is 3.02. The van der Waals surface area contributed by atoms with Gasteiger partial charge in [-0.2, -0.15) is 0 Å². The van der Waals surface area contributed by atoms with Crippen LogP contribution in [-0.2, 0) is 6.54 Å². The van der Waals surface area contributed by atoms with E-state index in [4.69, 9.17) is 16.0 Å². The van der Waals surface area contributed by atoms with Crippen LogP contribution in [0.5, 0.6) is 0 Å². The van der Waals surface area contributed by atoms with E-state index >= 15 is 0 Å². The van der Waals surface area contributed by atoms with Crippen LogP contribution in [0.2, 0.25) is 5.02 Å². The first-order chi connectivity index (χ1) is 11.2. The maximum Gasteiger partial charge on any atom is 0.134 e. The second kappa shape index (κ2) is 9.11. The SMILES string of the molecule is CCN(CC)CCCNCc1ccc(-c2cccc(Cl)c2C)o1. The van der Waals surface area contributed by atoms with Crippen molar-refractivity contribution in [2.24, 2.45) is 0 Å². The summed E-state index contributed by atoms with van der Waals surface area (Å²) in [6.07, 6.45) is 1.16. The van der Waals surface area contributed by atoms with Gasteiger partial charge in [-0.05, 0) is 63.3 Å². The first-order valence-corrected chi connectivity index (χ1v) is 8.80. The third kappa shape index (κ3) is 5.10. The van der Waals surface area contributed by atoms with Gasteiger partial charge in [0.25, 0.3) is 0 Å². The molecule has 3 nitrogen and oxygen atoms in total. The first kappa shape index (κ1) is 18.1. The quantitative estimate of drug-likeness (QED) is 0.672. The lowest BCUT2D eigenvalue weighted by Gasteiger charge is -2.17. The smallest absolute Gasteiger partial charge is 0.134 e. The van der Waals surface area contributed by atoms with E-state index in [1.807, 2.05) is 37.3 Å². The second-order valence-corrected chi connectivity index (χ2v) is 6.14. The van der Waals surface area contributed by atoms with Crippen LogP contribution in [0.3, 0.4) is 0 Å². The Morgan fingerprint density at radius 2 is 1.91 bits per heavy atom. The summed E-state index contributed by atoms with van der Waals surface area (Å²) in [5, 5.41) is 4.22. The summed E-state index contributed by atoms with van der Waals surface area (Å²) in [6, 6.07) is 9.96. The van der Waals surface area contributed by atoms with Crippen molar-refractivity contribution in [3.63, 3.8) is 0 Å². The van der Waals surface area contributed by atoms with Gasteiger partial charge < -0.3 is 14.6 Å². The van der Waals surface area contributed by atoms with Crippen molar-refractivity contribution in [2.45, 2.75) is 33.7 Å². The fraction of sp³-hybridized carbons (Fsp3) is 0.474. The highest BCUT2D eigenvalue weighted by Gasteiger charge is 2.09. The molecule has 1 heterocycles. The van der Waals surface area contributed by atoms with Crippen molar-refractivity contribution in [1.82, 2.24) is 10.2 Å². The van der Waals surface area contributed by atoms with Crippen LogP contribution >= 0.6 is 11.6 Å². The van der Waals surface area contributed by atoms with E-state index in [2.05, 4.69) is 24.1 Å². The molecule has 1 N–H and O–H groups in total. The minimum Gasteiger partial charge on any atom is -0.460 e. The average molecular weight is 335 g/mol. The molecule has 0 fully saturated rings. The van der Waals surface area contributed by atoms with Crippen LogP contribution < -0.4 is 5.32 Å². The minimum absolute atomic E-state index is 0.762. The molecule has 0 radical (unpaired) electrons. The third-order valence-corrected chi connectivity index (χ3v) is 4.63. The number of furan rings is 1. The Labute approximate surface area is 144 Å². The van der Waals surface area contributed by atoms with Crippen LogP contribution in [-0.4, -0.2) is 31.1 Å². The Hall–Kier alpha value is -1.29. The molecule has 0 unspecified atom stereocenters. The molecule has 0 atom stereocenters. The zero-order valence-corrected chi connectivity index (χ0v) is 15.1. The molecule has 0 aliphatic carbocycles. The van der Waals surface area contributed by atoms with Gasteiger partial charge in [-0.25, -0.2) is 0 Å². The molecule has 0 spiro atoms. The van der Waals surface area contributed by atoms with E-state index in [0.717, 1.165) is 66.8 Å². The fourth-order valence-electron chi connectivity index (χ4n) is 2.67. The molecule has 0 bridgehead atoms. The van der Waals surface area contributed by atoms with Gasteiger partial charge in [0.1, 0.15) is 11.5 Å². The van der Waals surface area contributed by atoms with Crippen molar-refractivity contribution in [3.8, 4) is 11.3 Å². The van der Waals surface area contributed by atoms with Gasteiger partial charge in [0.05, 0.1) is 6.54 Å². The van der Waals surface area contributed by atoms with Crippen molar-refractivity contribution in [2.75, 3.05) is 26.2 Å². The predicted molar refractivity (Wildman–Crippen MR) is 98.0 cm³/mol. The number of hydrogen-bond donors (Lipinski definition) is 1. The predicted octanol–water partition coefficient (Wildman–Crippen LogP) is 4.73. The highest BCUT2D eigenvalue weighted by molar-refractivity contribution is 6.31. The topological polar surface area (TPSA) is 28.4 Å². The lowest BCUT2D eigenvalue weighted by molar-refractivity contribution is 0.297. The molecule has 126 valence electrons. The molecule has 0 saturated heterocycles. The van der Waals surface area contributed by atoms with Crippen molar-refractivity contribution in [3.05, 3.63) is 46.7 Å². The first-order valence-electron chi connectivity index (χ1n) is 8.43. The maximum absolute atomic E-state index is 6.18. The van der Waals surface area contributed by atoms with E-state index in [0.29, 0.717) is 0 Å². The van der Waals surface area contributed by atoms with Gasteiger partial charge in [0.15, 0.2) is 0 Å². The van der Waals surface area contributed by atoms with Gasteiger partial charge in [-0.1, -0.05) is 37.6 Å². The Balaban J connectivity index is 1.82. The summed E-state index contributed by atoms with van der Waals surface area (Å²) >= 11 is 6.18. The lowest BCUT2D eigenvalue weighted by atomic mass is 10.1. The molecular weight excluding hydrogens is 308 g/mol. The number of nitrogens with one attached hydrogen (secondary N) is 1. The van der Waals surface area contributed by atoms with E-state index < -0.39 is 0 Å². The number of halogens is 1.